The van der Waals surface area contributed by atoms with E-state index in [4.69, 9.17) is 15.0 Å². The summed E-state index contributed by atoms with van der Waals surface area (Å²) in [6.07, 6.45) is 0. The average molecular weight is 422 g/mol. The van der Waals surface area contributed by atoms with Crippen LogP contribution < -0.4 is 5.32 Å². The van der Waals surface area contributed by atoms with Gasteiger partial charge in [-0.3, -0.25) is 4.57 Å². The molecule has 5 rings (SSSR count). The summed E-state index contributed by atoms with van der Waals surface area (Å²) in [5.41, 5.74) is 11.1. The number of para-hydroxylation sites is 2. The molecule has 0 amide bonds. The lowest BCUT2D eigenvalue weighted by Gasteiger charge is -2.15. The molecule has 0 atom stereocenters. The smallest absolute Gasteiger partial charge is 0.238 e. The summed E-state index contributed by atoms with van der Waals surface area (Å²) >= 11 is 0. The number of nitrogens with zero attached hydrogens (tertiary/aromatic N) is 4. The number of rotatable bonds is 2. The van der Waals surface area contributed by atoms with E-state index in [1.807, 2.05) is 18.2 Å². The maximum absolute atomic E-state index is 5.16. The second-order valence-electron chi connectivity index (χ2n) is 8.78. The van der Waals surface area contributed by atoms with Gasteiger partial charge in [0, 0.05) is 5.69 Å². The molecule has 0 unspecified atom stereocenters. The quantitative estimate of drug-likeness (QED) is 0.395. The van der Waals surface area contributed by atoms with Crippen molar-refractivity contribution in [3.63, 3.8) is 0 Å². The third-order valence-corrected chi connectivity index (χ3v) is 5.95. The van der Waals surface area contributed by atoms with Crippen LogP contribution in [0, 0.1) is 41.5 Å². The number of imidazole rings is 1. The summed E-state index contributed by atoms with van der Waals surface area (Å²) in [7, 11) is 0. The molecule has 2 heterocycles. The molecule has 160 valence electrons. The zero-order valence-electron chi connectivity index (χ0n) is 19.4. The Kier molecular flexibility index (Phi) is 4.70. The Hall–Kier alpha value is -3.73. The van der Waals surface area contributed by atoms with Crippen LogP contribution in [0.1, 0.15) is 33.4 Å². The molecule has 5 heteroatoms. The Morgan fingerprint density at radius 3 is 2.03 bits per heavy atom. The van der Waals surface area contributed by atoms with E-state index in [1.54, 1.807) is 0 Å². The van der Waals surface area contributed by atoms with E-state index >= 15 is 0 Å². The molecule has 0 spiro atoms. The van der Waals surface area contributed by atoms with E-state index in [9.17, 15) is 0 Å². The SMILES string of the molecule is Cc1cc(C)c(N=C2C(Nc3c(C)cc(C)cc3C)=Nc3nc4ccccc4n32)c(C)c1. The van der Waals surface area contributed by atoms with Crippen molar-refractivity contribution in [3.05, 3.63) is 81.9 Å². The van der Waals surface area contributed by atoms with E-state index < -0.39 is 0 Å². The fourth-order valence-corrected chi connectivity index (χ4v) is 4.69. The monoisotopic (exact) mass is 421 g/mol. The molecule has 0 fully saturated rings. The van der Waals surface area contributed by atoms with Gasteiger partial charge in [-0.2, -0.15) is 4.99 Å². The summed E-state index contributed by atoms with van der Waals surface area (Å²) in [6, 6.07) is 16.8. The molecule has 0 radical (unpaired) electrons. The maximum atomic E-state index is 5.16. The van der Waals surface area contributed by atoms with Crippen LogP contribution in [0.5, 0.6) is 0 Å². The molecule has 0 saturated heterocycles. The van der Waals surface area contributed by atoms with Crippen molar-refractivity contribution in [1.29, 1.82) is 0 Å². The van der Waals surface area contributed by atoms with Crippen molar-refractivity contribution in [2.24, 2.45) is 9.98 Å². The van der Waals surface area contributed by atoms with Crippen molar-refractivity contribution in [2.45, 2.75) is 41.5 Å². The Morgan fingerprint density at radius 1 is 0.781 bits per heavy atom. The number of amidine groups is 1. The van der Waals surface area contributed by atoms with E-state index in [2.05, 4.69) is 81.8 Å². The van der Waals surface area contributed by atoms with Gasteiger partial charge in [-0.05, 0) is 75.9 Å². The standard InChI is InChI=1S/C27H27N5/c1-15-11-17(3)23(18(4)12-15)29-25-26(30-24-19(5)13-16(2)14-20(24)6)32-22-10-8-7-9-21(22)28-27(32)31-25/h7-14H,1-6H3,(H,28,29,31). The second kappa shape index (κ2) is 7.45. The molecule has 1 N–H and O–H groups in total. The number of hydrogen-bond donors (Lipinski definition) is 1. The Labute approximate surface area is 188 Å². The van der Waals surface area contributed by atoms with Crippen LogP contribution in [0.4, 0.5) is 17.3 Å². The Morgan fingerprint density at radius 2 is 1.38 bits per heavy atom. The number of aryl methyl sites for hydroxylation is 6. The number of hydrogen-bond acceptors (Lipinski definition) is 4. The molecule has 32 heavy (non-hydrogen) atoms. The van der Waals surface area contributed by atoms with Gasteiger partial charge in [0.1, 0.15) is 0 Å². The zero-order chi connectivity index (χ0) is 22.6. The lowest BCUT2D eigenvalue weighted by atomic mass is 10.0. The predicted octanol–water partition coefficient (Wildman–Crippen LogP) is 6.62. The number of anilines is 1. The first kappa shape index (κ1) is 20.2. The van der Waals surface area contributed by atoms with Gasteiger partial charge in [0.25, 0.3) is 0 Å². The molecular weight excluding hydrogens is 394 g/mol. The Balaban J connectivity index is 1.71. The molecule has 0 aliphatic carbocycles. The second-order valence-corrected chi connectivity index (χ2v) is 8.78. The number of aromatic nitrogens is 2. The van der Waals surface area contributed by atoms with Gasteiger partial charge in [0.15, 0.2) is 11.7 Å². The highest BCUT2D eigenvalue weighted by Crippen LogP contribution is 2.32. The lowest BCUT2D eigenvalue weighted by Crippen LogP contribution is -2.26. The van der Waals surface area contributed by atoms with Gasteiger partial charge in [0.05, 0.1) is 16.7 Å². The average Bonchev–Trinajstić information content (AvgIpc) is 3.23. The largest absolute Gasteiger partial charge is 0.337 e. The summed E-state index contributed by atoms with van der Waals surface area (Å²) < 4.78 is 2.05. The van der Waals surface area contributed by atoms with Crippen LogP contribution in [0.3, 0.4) is 0 Å². The number of aliphatic imine (C=N–C) groups is 2. The summed E-state index contributed by atoms with van der Waals surface area (Å²) in [6.45, 7) is 12.7. The van der Waals surface area contributed by atoms with Gasteiger partial charge in [0.2, 0.25) is 5.95 Å². The minimum Gasteiger partial charge on any atom is -0.337 e. The first-order chi connectivity index (χ1) is 15.3. The summed E-state index contributed by atoms with van der Waals surface area (Å²) in [5, 5.41) is 3.58. The van der Waals surface area contributed by atoms with Crippen LogP contribution >= 0.6 is 0 Å². The van der Waals surface area contributed by atoms with E-state index in [0.29, 0.717) is 11.8 Å². The van der Waals surface area contributed by atoms with Crippen molar-refractivity contribution in [2.75, 3.05) is 5.32 Å². The van der Waals surface area contributed by atoms with Crippen molar-refractivity contribution >= 4 is 40.0 Å². The Bertz CT molecular complexity index is 1410. The fourth-order valence-electron chi connectivity index (χ4n) is 4.69. The van der Waals surface area contributed by atoms with Crippen molar-refractivity contribution in [1.82, 2.24) is 9.55 Å². The summed E-state index contributed by atoms with van der Waals surface area (Å²) in [4.78, 5) is 14.8. The third kappa shape index (κ3) is 3.30. The fraction of sp³-hybridized carbons (Fsp3) is 0.222. The van der Waals surface area contributed by atoms with Crippen LogP contribution in [-0.4, -0.2) is 21.2 Å². The highest BCUT2D eigenvalue weighted by Gasteiger charge is 2.27. The topological polar surface area (TPSA) is 54.6 Å². The summed E-state index contributed by atoms with van der Waals surface area (Å²) in [5.74, 6) is 2.13. The molecule has 0 saturated carbocycles. The zero-order valence-corrected chi connectivity index (χ0v) is 19.4. The van der Waals surface area contributed by atoms with Gasteiger partial charge >= 0.3 is 0 Å². The van der Waals surface area contributed by atoms with Crippen LogP contribution in [0.2, 0.25) is 0 Å². The van der Waals surface area contributed by atoms with Crippen LogP contribution in [-0.2, 0) is 0 Å². The number of fused-ring (bicyclic) bond motifs is 3. The van der Waals surface area contributed by atoms with E-state index in [-0.39, 0.29) is 0 Å². The molecular formula is C27H27N5. The van der Waals surface area contributed by atoms with Crippen LogP contribution in [0.25, 0.3) is 11.0 Å². The van der Waals surface area contributed by atoms with Gasteiger partial charge in [-0.1, -0.05) is 47.5 Å². The number of nitrogens with one attached hydrogen (secondary N) is 1. The number of benzene rings is 3. The van der Waals surface area contributed by atoms with Gasteiger partial charge in [-0.25, -0.2) is 9.98 Å². The van der Waals surface area contributed by atoms with Crippen molar-refractivity contribution in [3.8, 4) is 0 Å². The molecule has 5 nitrogen and oxygen atoms in total. The molecule has 4 aromatic rings. The first-order valence-electron chi connectivity index (χ1n) is 10.9. The molecule has 1 aliphatic heterocycles. The molecule has 0 bridgehead atoms. The van der Waals surface area contributed by atoms with E-state index in [1.165, 1.54) is 22.3 Å². The minimum absolute atomic E-state index is 0.650. The van der Waals surface area contributed by atoms with Crippen LogP contribution in [0.15, 0.2) is 58.5 Å². The highest BCUT2D eigenvalue weighted by atomic mass is 15.3. The first-order valence-corrected chi connectivity index (χ1v) is 10.9. The highest BCUT2D eigenvalue weighted by molar-refractivity contribution is 6.49. The maximum Gasteiger partial charge on any atom is 0.238 e. The lowest BCUT2D eigenvalue weighted by molar-refractivity contribution is 1.17. The van der Waals surface area contributed by atoms with Gasteiger partial charge < -0.3 is 5.32 Å². The van der Waals surface area contributed by atoms with E-state index in [0.717, 1.165) is 39.4 Å². The predicted molar refractivity (Wildman–Crippen MR) is 134 cm³/mol. The third-order valence-electron chi connectivity index (χ3n) is 5.95. The molecule has 1 aromatic heterocycles. The van der Waals surface area contributed by atoms with Gasteiger partial charge in [-0.15, -0.1) is 0 Å². The normalized spacial score (nSPS) is 14.2. The minimum atomic E-state index is 0.650. The molecule has 1 aliphatic rings. The van der Waals surface area contributed by atoms with Crippen molar-refractivity contribution < 1.29 is 0 Å². The molecule has 3 aromatic carbocycles.